The van der Waals surface area contributed by atoms with Gasteiger partial charge in [-0.15, -0.1) is 0 Å². The van der Waals surface area contributed by atoms with Gasteiger partial charge >= 0.3 is 12.4 Å². The van der Waals surface area contributed by atoms with Crippen LogP contribution in [0.1, 0.15) is 28.2 Å². The lowest BCUT2D eigenvalue weighted by Crippen LogP contribution is -2.48. The summed E-state index contributed by atoms with van der Waals surface area (Å²) in [6, 6.07) is 2.39. The van der Waals surface area contributed by atoms with E-state index in [1.54, 1.807) is 6.92 Å². The topological polar surface area (TPSA) is 56.3 Å². The number of anilines is 1. The zero-order valence-electron chi connectivity index (χ0n) is 14.0. The minimum absolute atomic E-state index is 0. The Morgan fingerprint density at radius 1 is 1.19 bits per heavy atom. The Balaban J connectivity index is 0.00000210. The Kier molecular flexibility index (Phi) is 4.65. The number of aliphatic hydroxyl groups excluding tert-OH is 1. The van der Waals surface area contributed by atoms with Crippen molar-refractivity contribution in [3.8, 4) is 0 Å². The maximum atomic E-state index is 13.3. The van der Waals surface area contributed by atoms with E-state index in [2.05, 4.69) is 4.98 Å². The normalized spacial score (nSPS) is 22.4. The summed E-state index contributed by atoms with van der Waals surface area (Å²) in [6.45, 7) is 1.64. The van der Waals surface area contributed by atoms with Gasteiger partial charge in [0.05, 0.1) is 11.6 Å². The number of aliphatic hydroxyl groups is 1. The van der Waals surface area contributed by atoms with Gasteiger partial charge < -0.3 is 15.0 Å². The van der Waals surface area contributed by atoms with Gasteiger partial charge in [0.2, 0.25) is 5.56 Å². The Labute approximate surface area is 152 Å². The highest BCUT2D eigenvalue weighted by Crippen LogP contribution is 2.39. The summed E-state index contributed by atoms with van der Waals surface area (Å²) < 4.78 is 78.8. The van der Waals surface area contributed by atoms with Crippen molar-refractivity contribution in [3.05, 3.63) is 40.2 Å². The van der Waals surface area contributed by atoms with Crippen LogP contribution in [-0.2, 0) is 6.18 Å². The van der Waals surface area contributed by atoms with Crippen molar-refractivity contribution in [1.82, 2.24) is 4.98 Å². The second-order valence-corrected chi connectivity index (χ2v) is 6.66. The van der Waals surface area contributed by atoms with Crippen LogP contribution >= 0.6 is 0 Å². The monoisotopic (exact) mass is 398 g/mol. The van der Waals surface area contributed by atoms with Crippen molar-refractivity contribution in [3.63, 3.8) is 0 Å². The number of pyridine rings is 1. The van der Waals surface area contributed by atoms with Crippen LogP contribution in [0, 0.1) is 0 Å². The predicted molar refractivity (Wildman–Crippen MR) is 90.8 cm³/mol. The van der Waals surface area contributed by atoms with E-state index in [-0.39, 0.29) is 25.9 Å². The quantitative estimate of drug-likeness (QED) is 0.741. The van der Waals surface area contributed by atoms with E-state index >= 15 is 0 Å². The first-order chi connectivity index (χ1) is 12.4. The molecule has 27 heavy (non-hydrogen) atoms. The highest BCUT2D eigenvalue weighted by Gasteiger charge is 2.48. The molecule has 0 bridgehead atoms. The molecule has 4 nitrogen and oxygen atoms in total. The van der Waals surface area contributed by atoms with Crippen LogP contribution in [0.2, 0.25) is 0 Å². The highest BCUT2D eigenvalue weighted by atomic mass is 19.4. The molecular formula is C17H20F6N2O2. The second-order valence-electron chi connectivity index (χ2n) is 6.66. The summed E-state index contributed by atoms with van der Waals surface area (Å²) in [5.41, 5.74) is -2.04. The van der Waals surface area contributed by atoms with Crippen molar-refractivity contribution in [1.29, 1.82) is 0 Å². The molecule has 0 spiro atoms. The Morgan fingerprint density at radius 3 is 2.44 bits per heavy atom. The first-order valence-corrected chi connectivity index (χ1v) is 8.17. The molecule has 1 aromatic carbocycles. The number of nitrogens with zero attached hydrogens (tertiary/aromatic N) is 1. The van der Waals surface area contributed by atoms with E-state index < -0.39 is 41.7 Å². The van der Waals surface area contributed by atoms with Crippen LogP contribution < -0.4 is 10.5 Å². The lowest BCUT2D eigenvalue weighted by Gasteiger charge is -2.34. The SMILES string of the molecule is C[C@@H]1CC[C@H]([C@@H](O)C(F)(F)F)N1c1ccc2[nH]c(=O)cc(C(F)(F)F)c2c1.[HH].[HH]. The molecule has 0 saturated carbocycles. The molecule has 0 aliphatic carbocycles. The van der Waals surface area contributed by atoms with Crippen molar-refractivity contribution < 1.29 is 34.3 Å². The van der Waals surface area contributed by atoms with Gasteiger partial charge in [0.15, 0.2) is 6.10 Å². The molecule has 2 aromatic rings. The van der Waals surface area contributed by atoms with Crippen LogP contribution in [0.15, 0.2) is 29.1 Å². The van der Waals surface area contributed by atoms with E-state index in [1.165, 1.54) is 17.0 Å². The number of alkyl halides is 6. The minimum Gasteiger partial charge on any atom is -0.382 e. The molecule has 1 aliphatic heterocycles. The Morgan fingerprint density at radius 2 is 1.85 bits per heavy atom. The molecular weight excluding hydrogens is 378 g/mol. The van der Waals surface area contributed by atoms with Crippen molar-refractivity contribution in [2.45, 2.75) is 50.3 Å². The summed E-state index contributed by atoms with van der Waals surface area (Å²) in [5.74, 6) is 0. The van der Waals surface area contributed by atoms with E-state index in [0.717, 1.165) is 6.07 Å². The largest absolute Gasteiger partial charge is 0.417 e. The summed E-state index contributed by atoms with van der Waals surface area (Å²) in [4.78, 5) is 15.1. The molecule has 0 unspecified atom stereocenters. The third kappa shape index (κ3) is 3.62. The smallest absolute Gasteiger partial charge is 0.382 e. The van der Waals surface area contributed by atoms with Crippen LogP contribution in [-0.4, -0.2) is 34.5 Å². The molecule has 1 aliphatic rings. The zero-order valence-corrected chi connectivity index (χ0v) is 14.0. The molecule has 0 amide bonds. The third-order valence-electron chi connectivity index (χ3n) is 4.84. The highest BCUT2D eigenvalue weighted by molar-refractivity contribution is 5.86. The van der Waals surface area contributed by atoms with Crippen LogP contribution in [0.4, 0.5) is 32.0 Å². The van der Waals surface area contributed by atoms with Gasteiger partial charge in [-0.1, -0.05) is 0 Å². The molecule has 3 rings (SSSR count). The van der Waals surface area contributed by atoms with Crippen molar-refractivity contribution in [2.24, 2.45) is 0 Å². The van der Waals surface area contributed by atoms with Crippen LogP contribution in [0.3, 0.4) is 0 Å². The summed E-state index contributed by atoms with van der Waals surface area (Å²) in [6.07, 6.45) is -11.8. The van der Waals surface area contributed by atoms with Crippen molar-refractivity contribution >= 4 is 16.6 Å². The fourth-order valence-corrected chi connectivity index (χ4v) is 3.63. The Bertz CT molecular complexity index is 915. The average molecular weight is 398 g/mol. The van der Waals surface area contributed by atoms with E-state index in [4.69, 9.17) is 0 Å². The summed E-state index contributed by atoms with van der Waals surface area (Å²) in [7, 11) is 0. The standard InChI is InChI=1S/C17H16F6N2O2.2H2/c1-8-2-5-13(15(27)17(21,22)23)25(8)9-3-4-12-10(6-9)11(16(18,19)20)7-14(26)24-12;;/h3-4,6-8,13,15,27H,2,5H2,1H3,(H,24,26);2*1H/t8-,13-,15-;;/m1../s1. The fourth-order valence-electron chi connectivity index (χ4n) is 3.63. The number of nitrogens with one attached hydrogen (secondary N) is 1. The first kappa shape index (κ1) is 19.5. The number of rotatable bonds is 2. The molecule has 2 N–H and O–H groups in total. The van der Waals surface area contributed by atoms with Crippen LogP contribution in [0.25, 0.3) is 10.9 Å². The molecule has 2 heterocycles. The number of aromatic nitrogens is 1. The van der Waals surface area contributed by atoms with Gasteiger partial charge in [0.25, 0.3) is 0 Å². The lowest BCUT2D eigenvalue weighted by molar-refractivity contribution is -0.209. The maximum absolute atomic E-state index is 13.3. The van der Waals surface area contributed by atoms with Crippen LogP contribution in [0.5, 0.6) is 0 Å². The molecule has 152 valence electrons. The first-order valence-electron chi connectivity index (χ1n) is 8.17. The number of benzene rings is 1. The summed E-state index contributed by atoms with van der Waals surface area (Å²) in [5, 5.41) is 9.35. The molecule has 1 saturated heterocycles. The van der Waals surface area contributed by atoms with Gasteiger partial charge in [-0.05, 0) is 38.0 Å². The van der Waals surface area contributed by atoms with Gasteiger partial charge in [0, 0.05) is 31.6 Å². The molecule has 10 heteroatoms. The third-order valence-corrected chi connectivity index (χ3v) is 4.84. The summed E-state index contributed by atoms with van der Waals surface area (Å²) >= 11 is 0. The number of aromatic amines is 1. The van der Waals surface area contributed by atoms with E-state index in [0.29, 0.717) is 12.5 Å². The van der Waals surface area contributed by atoms with Gasteiger partial charge in [-0.3, -0.25) is 4.79 Å². The second kappa shape index (κ2) is 6.43. The zero-order chi connectivity index (χ0) is 20.1. The van der Waals surface area contributed by atoms with E-state index in [9.17, 15) is 36.2 Å². The number of hydrogen-bond acceptors (Lipinski definition) is 3. The number of fused-ring (bicyclic) bond motifs is 1. The lowest BCUT2D eigenvalue weighted by atomic mass is 10.0. The average Bonchev–Trinajstić information content (AvgIpc) is 2.92. The van der Waals surface area contributed by atoms with Crippen molar-refractivity contribution in [2.75, 3.05) is 4.90 Å². The van der Waals surface area contributed by atoms with Gasteiger partial charge in [-0.25, -0.2) is 0 Å². The van der Waals surface area contributed by atoms with Gasteiger partial charge in [-0.2, -0.15) is 26.3 Å². The molecule has 3 atom stereocenters. The predicted octanol–water partition coefficient (Wildman–Crippen LogP) is 4.32. The number of H-pyrrole nitrogens is 1. The van der Waals surface area contributed by atoms with Gasteiger partial charge in [0.1, 0.15) is 0 Å². The van der Waals surface area contributed by atoms with E-state index in [1.807, 2.05) is 0 Å². The Hall–Kier alpha value is -2.23. The molecule has 0 radical (unpaired) electrons. The maximum Gasteiger partial charge on any atom is 0.417 e. The fraction of sp³-hybridized carbons (Fsp3) is 0.471. The minimum atomic E-state index is -4.84. The molecule has 1 fully saturated rings. The molecule has 1 aromatic heterocycles. The number of hydrogen-bond donors (Lipinski definition) is 2. The number of halogens is 6.